The van der Waals surface area contributed by atoms with Crippen molar-refractivity contribution >= 4 is 17.7 Å². The van der Waals surface area contributed by atoms with E-state index >= 15 is 0 Å². The molecule has 0 rings (SSSR count). The van der Waals surface area contributed by atoms with Crippen LogP contribution in [-0.4, -0.2) is 30.3 Å². The number of urea groups is 1. The highest BCUT2D eigenvalue weighted by Crippen LogP contribution is 2.21. The van der Waals surface area contributed by atoms with Gasteiger partial charge >= 0.3 is 6.03 Å². The molecule has 6 heteroatoms. The Labute approximate surface area is 152 Å². The van der Waals surface area contributed by atoms with Crippen LogP contribution in [-0.2, 0) is 9.59 Å². The monoisotopic (exact) mass is 355 g/mol. The molecule has 0 aliphatic heterocycles. The van der Waals surface area contributed by atoms with E-state index in [2.05, 4.69) is 24.5 Å². The molecular weight excluding hydrogens is 318 g/mol. The first-order valence-electron chi connectivity index (χ1n) is 9.40. The Morgan fingerprint density at radius 1 is 0.960 bits per heavy atom. The van der Waals surface area contributed by atoms with Crippen molar-refractivity contribution in [2.24, 2.45) is 29.4 Å². The van der Waals surface area contributed by atoms with E-state index in [9.17, 15) is 14.4 Å². The quantitative estimate of drug-likeness (QED) is 0.469. The third-order valence-electron chi connectivity index (χ3n) is 4.15. The molecule has 0 aromatic rings. The van der Waals surface area contributed by atoms with E-state index in [1.807, 2.05) is 27.7 Å². The minimum atomic E-state index is -0.578. The molecule has 0 heterocycles. The zero-order valence-electron chi connectivity index (χ0n) is 16.7. The number of nitrogens with two attached hydrogens (primary N) is 1. The fourth-order valence-corrected chi connectivity index (χ4v) is 2.84. The van der Waals surface area contributed by atoms with Crippen molar-refractivity contribution in [1.82, 2.24) is 10.6 Å². The second-order valence-corrected chi connectivity index (χ2v) is 8.04. The molecule has 0 fully saturated rings. The van der Waals surface area contributed by atoms with Gasteiger partial charge in [0.2, 0.25) is 5.91 Å². The molecular formula is C19H37N3O3. The predicted octanol–water partition coefficient (Wildman–Crippen LogP) is 2.85. The topological polar surface area (TPSA) is 101 Å². The molecule has 0 aliphatic rings. The number of Topliss-reactive ketones (excluding diaryl/α,β-unsaturated/α-hetero) is 1. The number of carbonyl (C=O) groups excluding carboxylic acids is 3. The van der Waals surface area contributed by atoms with E-state index in [0.717, 1.165) is 6.42 Å². The maximum Gasteiger partial charge on any atom is 0.312 e. The molecule has 0 aromatic carbocycles. The lowest BCUT2D eigenvalue weighted by Crippen LogP contribution is -2.45. The summed E-state index contributed by atoms with van der Waals surface area (Å²) in [7, 11) is 0. The Hall–Kier alpha value is -1.59. The summed E-state index contributed by atoms with van der Waals surface area (Å²) in [6, 6.07) is -1.08. The fraction of sp³-hybridized carbons (Fsp3) is 0.842. The largest absolute Gasteiger partial charge is 0.352 e. The number of nitrogens with one attached hydrogen (secondary N) is 2. The lowest BCUT2D eigenvalue weighted by Gasteiger charge is -2.26. The Balaban J connectivity index is 4.90. The summed E-state index contributed by atoms with van der Waals surface area (Å²) in [4.78, 5) is 36.0. The molecule has 0 bridgehead atoms. The average molecular weight is 356 g/mol. The maximum atomic E-state index is 12.7. The van der Waals surface area contributed by atoms with Crippen molar-refractivity contribution in [2.75, 3.05) is 6.54 Å². The third kappa shape index (κ3) is 10.8. The summed E-state index contributed by atoms with van der Waals surface area (Å²) in [6.45, 7) is 12.6. The number of hydrogen-bond acceptors (Lipinski definition) is 3. The second-order valence-electron chi connectivity index (χ2n) is 8.04. The number of hydrogen-bond donors (Lipinski definition) is 3. The van der Waals surface area contributed by atoms with Crippen LogP contribution in [0.2, 0.25) is 0 Å². The van der Waals surface area contributed by atoms with Gasteiger partial charge in [0, 0.05) is 18.9 Å². The van der Waals surface area contributed by atoms with E-state index in [-0.39, 0.29) is 29.4 Å². The van der Waals surface area contributed by atoms with E-state index in [1.54, 1.807) is 0 Å². The Morgan fingerprint density at radius 3 is 2.00 bits per heavy atom. The SMILES string of the molecule is CC(C)CC(=O)[C@H](CCCNC(N)=O)NC(=O)[C@H](CC(C)C)C(C)C. The standard InChI is InChI=1S/C19H37N3O3/c1-12(2)10-15(14(5)6)18(24)22-16(17(23)11-13(3)4)8-7-9-21-19(20)25/h12-16H,7-11H2,1-6H3,(H,22,24)(H3,20,21,25)/t15-,16+/m1/s1. The van der Waals surface area contributed by atoms with Crippen LogP contribution in [0.25, 0.3) is 0 Å². The van der Waals surface area contributed by atoms with Crippen LogP contribution >= 0.6 is 0 Å². The summed E-state index contributed by atoms with van der Waals surface area (Å²) in [5, 5.41) is 5.48. The van der Waals surface area contributed by atoms with Gasteiger partial charge in [-0.3, -0.25) is 9.59 Å². The van der Waals surface area contributed by atoms with Crippen molar-refractivity contribution < 1.29 is 14.4 Å². The van der Waals surface area contributed by atoms with Gasteiger partial charge in [0.25, 0.3) is 0 Å². The maximum absolute atomic E-state index is 12.7. The number of ketones is 1. The molecule has 0 radical (unpaired) electrons. The van der Waals surface area contributed by atoms with Crippen molar-refractivity contribution in [2.45, 2.75) is 73.3 Å². The van der Waals surface area contributed by atoms with Gasteiger partial charge in [0.1, 0.15) is 0 Å². The van der Waals surface area contributed by atoms with Crippen LogP contribution in [0.1, 0.15) is 67.2 Å². The van der Waals surface area contributed by atoms with Gasteiger partial charge in [-0.05, 0) is 37.0 Å². The van der Waals surface area contributed by atoms with Gasteiger partial charge in [-0.15, -0.1) is 0 Å². The van der Waals surface area contributed by atoms with Crippen LogP contribution in [0.15, 0.2) is 0 Å². The fourth-order valence-electron chi connectivity index (χ4n) is 2.84. The molecule has 0 unspecified atom stereocenters. The van der Waals surface area contributed by atoms with Gasteiger partial charge in [-0.25, -0.2) is 4.79 Å². The average Bonchev–Trinajstić information content (AvgIpc) is 2.46. The summed E-state index contributed by atoms with van der Waals surface area (Å²) in [6.07, 6.45) is 2.33. The molecule has 0 saturated carbocycles. The second kappa shape index (κ2) is 11.9. The smallest absolute Gasteiger partial charge is 0.312 e. The highest BCUT2D eigenvalue weighted by Gasteiger charge is 2.28. The normalized spacial score (nSPS) is 13.8. The van der Waals surface area contributed by atoms with E-state index in [1.165, 1.54) is 0 Å². The first-order chi connectivity index (χ1) is 11.5. The zero-order valence-corrected chi connectivity index (χ0v) is 16.7. The van der Waals surface area contributed by atoms with Crippen molar-refractivity contribution in [1.29, 1.82) is 0 Å². The molecule has 6 nitrogen and oxygen atoms in total. The lowest BCUT2D eigenvalue weighted by atomic mass is 9.86. The van der Waals surface area contributed by atoms with Crippen LogP contribution in [0.4, 0.5) is 4.79 Å². The number of rotatable bonds is 12. The highest BCUT2D eigenvalue weighted by molar-refractivity contribution is 5.90. The number of primary amides is 1. The molecule has 0 spiro atoms. The lowest BCUT2D eigenvalue weighted by molar-refractivity contribution is -0.132. The van der Waals surface area contributed by atoms with Crippen molar-refractivity contribution in [3.63, 3.8) is 0 Å². The highest BCUT2D eigenvalue weighted by atomic mass is 16.2. The van der Waals surface area contributed by atoms with Crippen molar-refractivity contribution in [3.8, 4) is 0 Å². The molecule has 25 heavy (non-hydrogen) atoms. The Morgan fingerprint density at radius 2 is 1.56 bits per heavy atom. The van der Waals surface area contributed by atoms with Crippen LogP contribution in [0.5, 0.6) is 0 Å². The van der Waals surface area contributed by atoms with E-state index in [4.69, 9.17) is 5.73 Å². The van der Waals surface area contributed by atoms with Crippen LogP contribution < -0.4 is 16.4 Å². The molecule has 0 saturated heterocycles. The first-order valence-corrected chi connectivity index (χ1v) is 9.40. The summed E-state index contributed by atoms with van der Waals surface area (Å²) in [5.41, 5.74) is 5.05. The van der Waals surface area contributed by atoms with Gasteiger partial charge in [0.15, 0.2) is 5.78 Å². The molecule has 0 aromatic heterocycles. The van der Waals surface area contributed by atoms with Gasteiger partial charge in [0.05, 0.1) is 6.04 Å². The van der Waals surface area contributed by atoms with Crippen molar-refractivity contribution in [3.05, 3.63) is 0 Å². The van der Waals surface area contributed by atoms with Gasteiger partial charge in [-0.2, -0.15) is 0 Å². The predicted molar refractivity (Wildman–Crippen MR) is 101 cm³/mol. The molecule has 0 aliphatic carbocycles. The van der Waals surface area contributed by atoms with Crippen LogP contribution in [0.3, 0.4) is 0 Å². The first kappa shape index (κ1) is 23.4. The third-order valence-corrected chi connectivity index (χ3v) is 4.15. The number of amides is 3. The summed E-state index contributed by atoms with van der Waals surface area (Å²) < 4.78 is 0. The number of carbonyl (C=O) groups is 3. The molecule has 146 valence electrons. The zero-order chi connectivity index (χ0) is 19.6. The van der Waals surface area contributed by atoms with E-state index < -0.39 is 12.1 Å². The summed E-state index contributed by atoms with van der Waals surface area (Å²) in [5.74, 6) is 0.788. The Kier molecular flexibility index (Phi) is 11.1. The summed E-state index contributed by atoms with van der Waals surface area (Å²) >= 11 is 0. The minimum Gasteiger partial charge on any atom is -0.352 e. The minimum absolute atomic E-state index is 0.0475. The molecule has 3 amide bonds. The van der Waals surface area contributed by atoms with E-state index in [0.29, 0.717) is 31.7 Å². The van der Waals surface area contributed by atoms with Gasteiger partial charge < -0.3 is 16.4 Å². The Bertz CT molecular complexity index is 434. The van der Waals surface area contributed by atoms with Gasteiger partial charge in [-0.1, -0.05) is 41.5 Å². The van der Waals surface area contributed by atoms with Crippen LogP contribution in [0, 0.1) is 23.7 Å². The molecule has 4 N–H and O–H groups in total. The molecule has 2 atom stereocenters.